The van der Waals surface area contributed by atoms with Gasteiger partial charge in [-0.3, -0.25) is 4.79 Å². The van der Waals surface area contributed by atoms with E-state index in [1.165, 1.54) is 5.56 Å². The van der Waals surface area contributed by atoms with Gasteiger partial charge in [0.05, 0.1) is 6.21 Å². The summed E-state index contributed by atoms with van der Waals surface area (Å²) in [6, 6.07) is 11.6. The SMILES string of the molecule is CC(C)(C)c1ccc(OCC(=O)NN=Cc2cccs2)cc1. The zero-order chi connectivity index (χ0) is 16.0. The molecule has 0 spiro atoms. The maximum atomic E-state index is 11.6. The van der Waals surface area contributed by atoms with Crippen molar-refractivity contribution in [3.8, 4) is 5.75 Å². The number of hydrogen-bond donors (Lipinski definition) is 1. The third-order valence-corrected chi connectivity index (χ3v) is 3.82. The quantitative estimate of drug-likeness (QED) is 0.677. The van der Waals surface area contributed by atoms with Crippen molar-refractivity contribution in [2.24, 2.45) is 5.10 Å². The van der Waals surface area contributed by atoms with Crippen molar-refractivity contribution in [2.45, 2.75) is 26.2 Å². The van der Waals surface area contributed by atoms with Crippen molar-refractivity contribution in [2.75, 3.05) is 6.61 Å². The van der Waals surface area contributed by atoms with Crippen LogP contribution in [0.25, 0.3) is 0 Å². The van der Waals surface area contributed by atoms with E-state index in [2.05, 4.69) is 31.3 Å². The largest absolute Gasteiger partial charge is 0.484 e. The van der Waals surface area contributed by atoms with Crippen LogP contribution in [0.3, 0.4) is 0 Å². The van der Waals surface area contributed by atoms with E-state index in [1.807, 2.05) is 41.8 Å². The predicted octanol–water partition coefficient (Wildman–Crippen LogP) is 3.57. The summed E-state index contributed by atoms with van der Waals surface area (Å²) in [5.74, 6) is 0.387. The first kappa shape index (κ1) is 16.2. The number of nitrogens with one attached hydrogen (secondary N) is 1. The lowest BCUT2D eigenvalue weighted by Crippen LogP contribution is -2.24. The lowest BCUT2D eigenvalue weighted by atomic mass is 9.87. The highest BCUT2D eigenvalue weighted by atomic mass is 32.1. The van der Waals surface area contributed by atoms with Crippen LogP contribution >= 0.6 is 11.3 Å². The summed E-state index contributed by atoms with van der Waals surface area (Å²) in [6.07, 6.45) is 1.61. The number of rotatable bonds is 5. The van der Waals surface area contributed by atoms with Crippen LogP contribution in [-0.2, 0) is 10.2 Å². The van der Waals surface area contributed by atoms with Crippen LogP contribution in [0.4, 0.5) is 0 Å². The van der Waals surface area contributed by atoms with Crippen LogP contribution in [0, 0.1) is 0 Å². The summed E-state index contributed by atoms with van der Waals surface area (Å²) < 4.78 is 5.44. The highest BCUT2D eigenvalue weighted by Gasteiger charge is 2.13. The van der Waals surface area contributed by atoms with Gasteiger partial charge in [-0.05, 0) is 34.6 Å². The molecule has 0 unspecified atom stereocenters. The molecule has 1 aromatic heterocycles. The van der Waals surface area contributed by atoms with Gasteiger partial charge in [-0.25, -0.2) is 5.43 Å². The summed E-state index contributed by atoms with van der Waals surface area (Å²) in [7, 11) is 0. The van der Waals surface area contributed by atoms with E-state index in [0.717, 1.165) is 4.88 Å². The molecule has 0 aliphatic carbocycles. The van der Waals surface area contributed by atoms with Gasteiger partial charge in [0.15, 0.2) is 6.61 Å². The van der Waals surface area contributed by atoms with Crippen molar-refractivity contribution < 1.29 is 9.53 Å². The lowest BCUT2D eigenvalue weighted by molar-refractivity contribution is -0.123. The number of carbonyl (C=O) groups is 1. The van der Waals surface area contributed by atoms with E-state index < -0.39 is 0 Å². The first-order valence-electron chi connectivity index (χ1n) is 7.04. The summed E-state index contributed by atoms with van der Waals surface area (Å²) >= 11 is 1.56. The fourth-order valence-corrected chi connectivity index (χ4v) is 2.35. The zero-order valence-electron chi connectivity index (χ0n) is 13.0. The Morgan fingerprint density at radius 2 is 2.00 bits per heavy atom. The van der Waals surface area contributed by atoms with E-state index in [4.69, 9.17) is 4.74 Å². The van der Waals surface area contributed by atoms with Gasteiger partial charge in [0.2, 0.25) is 0 Å². The minimum atomic E-state index is -0.285. The van der Waals surface area contributed by atoms with Gasteiger partial charge in [0.25, 0.3) is 5.91 Å². The maximum absolute atomic E-state index is 11.6. The van der Waals surface area contributed by atoms with E-state index >= 15 is 0 Å². The number of nitrogens with zero attached hydrogens (tertiary/aromatic N) is 1. The number of carbonyl (C=O) groups excluding carboxylic acids is 1. The zero-order valence-corrected chi connectivity index (χ0v) is 13.8. The Morgan fingerprint density at radius 3 is 2.59 bits per heavy atom. The van der Waals surface area contributed by atoms with Crippen molar-refractivity contribution in [3.63, 3.8) is 0 Å². The number of hydrazone groups is 1. The number of hydrogen-bond acceptors (Lipinski definition) is 4. The number of benzene rings is 1. The lowest BCUT2D eigenvalue weighted by Gasteiger charge is -2.19. The normalized spacial score (nSPS) is 11.6. The molecule has 2 aromatic rings. The Hall–Kier alpha value is -2.14. The van der Waals surface area contributed by atoms with Crippen LogP contribution in [0.5, 0.6) is 5.75 Å². The Balaban J connectivity index is 1.78. The summed E-state index contributed by atoms with van der Waals surface area (Å²) in [6.45, 7) is 6.41. The Kier molecular flexibility index (Phi) is 5.33. The van der Waals surface area contributed by atoms with Crippen molar-refractivity contribution in [3.05, 3.63) is 52.2 Å². The second-order valence-corrected chi connectivity index (χ2v) is 6.85. The van der Waals surface area contributed by atoms with Crippen LogP contribution < -0.4 is 10.2 Å². The molecule has 2 rings (SSSR count). The highest BCUT2D eigenvalue weighted by Crippen LogP contribution is 2.24. The van der Waals surface area contributed by atoms with Gasteiger partial charge in [-0.15, -0.1) is 11.3 Å². The van der Waals surface area contributed by atoms with Crippen molar-refractivity contribution in [1.29, 1.82) is 0 Å². The van der Waals surface area contributed by atoms with E-state index in [-0.39, 0.29) is 17.9 Å². The fraction of sp³-hybridized carbons (Fsp3) is 0.294. The van der Waals surface area contributed by atoms with Gasteiger partial charge in [-0.1, -0.05) is 39.0 Å². The Labute approximate surface area is 134 Å². The predicted molar refractivity (Wildman–Crippen MR) is 90.7 cm³/mol. The Morgan fingerprint density at radius 1 is 1.27 bits per heavy atom. The van der Waals surface area contributed by atoms with Gasteiger partial charge in [-0.2, -0.15) is 5.10 Å². The summed E-state index contributed by atoms with van der Waals surface area (Å²) in [5.41, 5.74) is 3.77. The number of ether oxygens (including phenoxy) is 1. The molecule has 0 fully saturated rings. The molecule has 0 saturated heterocycles. The second-order valence-electron chi connectivity index (χ2n) is 5.87. The molecule has 0 atom stereocenters. The molecule has 0 aliphatic heterocycles. The minimum Gasteiger partial charge on any atom is -0.484 e. The molecule has 0 saturated carbocycles. The monoisotopic (exact) mass is 316 g/mol. The molecule has 116 valence electrons. The van der Waals surface area contributed by atoms with Crippen molar-refractivity contribution in [1.82, 2.24) is 5.43 Å². The third-order valence-electron chi connectivity index (χ3n) is 3.01. The van der Waals surface area contributed by atoms with Crippen LogP contribution in [0.15, 0.2) is 46.9 Å². The molecule has 22 heavy (non-hydrogen) atoms. The van der Waals surface area contributed by atoms with Gasteiger partial charge < -0.3 is 4.74 Å². The van der Waals surface area contributed by atoms with Gasteiger partial charge >= 0.3 is 0 Å². The topological polar surface area (TPSA) is 50.7 Å². The second kappa shape index (κ2) is 7.22. The molecule has 0 radical (unpaired) electrons. The first-order valence-corrected chi connectivity index (χ1v) is 7.92. The average Bonchev–Trinajstić information content (AvgIpc) is 2.98. The summed E-state index contributed by atoms with van der Waals surface area (Å²) in [4.78, 5) is 12.6. The van der Waals surface area contributed by atoms with Gasteiger partial charge in [0.1, 0.15) is 5.75 Å². The van der Waals surface area contributed by atoms with Crippen LogP contribution in [0.2, 0.25) is 0 Å². The fourth-order valence-electron chi connectivity index (χ4n) is 1.76. The third kappa shape index (κ3) is 5.00. The van der Waals surface area contributed by atoms with E-state index in [1.54, 1.807) is 17.6 Å². The average molecular weight is 316 g/mol. The standard InChI is InChI=1S/C17H20N2O2S/c1-17(2,3)13-6-8-14(9-7-13)21-12-16(20)19-18-11-15-5-4-10-22-15/h4-11H,12H2,1-3H3,(H,19,20). The molecule has 5 heteroatoms. The van der Waals surface area contributed by atoms with Crippen LogP contribution in [0.1, 0.15) is 31.2 Å². The first-order chi connectivity index (χ1) is 10.4. The van der Waals surface area contributed by atoms with E-state index in [9.17, 15) is 4.79 Å². The molecule has 1 N–H and O–H groups in total. The highest BCUT2D eigenvalue weighted by molar-refractivity contribution is 7.11. The molecule has 1 aromatic carbocycles. The molecule has 4 nitrogen and oxygen atoms in total. The molecular weight excluding hydrogens is 296 g/mol. The molecule has 0 bridgehead atoms. The van der Waals surface area contributed by atoms with E-state index in [0.29, 0.717) is 5.75 Å². The number of thiophene rings is 1. The van der Waals surface area contributed by atoms with Crippen molar-refractivity contribution >= 4 is 23.5 Å². The molecule has 1 heterocycles. The van der Waals surface area contributed by atoms with Crippen LogP contribution in [-0.4, -0.2) is 18.7 Å². The smallest absolute Gasteiger partial charge is 0.277 e. The molecule has 1 amide bonds. The van der Waals surface area contributed by atoms with Gasteiger partial charge in [0, 0.05) is 4.88 Å². The Bertz CT molecular complexity index is 626. The maximum Gasteiger partial charge on any atom is 0.277 e. The molecule has 0 aliphatic rings. The number of amides is 1. The molecular formula is C17H20N2O2S. The summed E-state index contributed by atoms with van der Waals surface area (Å²) in [5, 5.41) is 5.83. The minimum absolute atomic E-state index is 0.0589.